The van der Waals surface area contributed by atoms with Gasteiger partial charge in [-0.2, -0.15) is 5.10 Å². The van der Waals surface area contributed by atoms with E-state index < -0.39 is 0 Å². The van der Waals surface area contributed by atoms with Gasteiger partial charge in [-0.05, 0) is 45.4 Å². The van der Waals surface area contributed by atoms with Crippen LogP contribution in [-0.4, -0.2) is 22.9 Å². The highest BCUT2D eigenvalue weighted by Crippen LogP contribution is 2.32. The molecule has 1 N–H and O–H groups in total. The lowest BCUT2D eigenvalue weighted by Crippen LogP contribution is -2.28. The van der Waals surface area contributed by atoms with Crippen LogP contribution in [0.2, 0.25) is 0 Å². The summed E-state index contributed by atoms with van der Waals surface area (Å²) in [6.07, 6.45) is 2.46. The Kier molecular flexibility index (Phi) is 3.19. The fourth-order valence-corrected chi connectivity index (χ4v) is 3.03. The zero-order valence-corrected chi connectivity index (χ0v) is 11.9. The first-order valence-corrected chi connectivity index (χ1v) is 6.98. The van der Waals surface area contributed by atoms with Crippen LogP contribution in [0.4, 0.5) is 0 Å². The second-order valence-corrected chi connectivity index (χ2v) is 5.44. The molecule has 0 amide bonds. The molecule has 0 radical (unpaired) electrons. The summed E-state index contributed by atoms with van der Waals surface area (Å²) in [7, 11) is 2.00. The van der Waals surface area contributed by atoms with Crippen LogP contribution < -0.4 is 5.32 Å². The number of hydrogen-bond donors (Lipinski definition) is 1. The molecular weight excluding hydrogens is 238 g/mol. The second kappa shape index (κ2) is 4.85. The number of hydrogen-bond acceptors (Lipinski definition) is 3. The fourth-order valence-electron chi connectivity index (χ4n) is 3.03. The van der Waals surface area contributed by atoms with Gasteiger partial charge in [-0.1, -0.05) is 0 Å². The summed E-state index contributed by atoms with van der Waals surface area (Å²) in [6, 6.07) is 4.03. The SMILES string of the molecule is Cc1ccc(-c2c(C)c(C3CCCNC3)nn2C)o1. The van der Waals surface area contributed by atoms with Crippen LogP contribution in [0.1, 0.15) is 35.8 Å². The van der Waals surface area contributed by atoms with Gasteiger partial charge in [0.1, 0.15) is 11.5 Å². The molecule has 102 valence electrons. The van der Waals surface area contributed by atoms with Crippen LogP contribution >= 0.6 is 0 Å². The summed E-state index contributed by atoms with van der Waals surface area (Å²) in [6.45, 7) is 6.30. The van der Waals surface area contributed by atoms with Crippen molar-refractivity contribution in [3.63, 3.8) is 0 Å². The van der Waals surface area contributed by atoms with E-state index in [0.29, 0.717) is 5.92 Å². The molecule has 3 heterocycles. The lowest BCUT2D eigenvalue weighted by molar-refractivity contribution is 0.450. The third kappa shape index (κ3) is 2.21. The summed E-state index contributed by atoms with van der Waals surface area (Å²) >= 11 is 0. The number of rotatable bonds is 2. The van der Waals surface area contributed by atoms with Gasteiger partial charge in [-0.3, -0.25) is 4.68 Å². The number of furan rings is 1. The monoisotopic (exact) mass is 259 g/mol. The number of aryl methyl sites for hydroxylation is 2. The van der Waals surface area contributed by atoms with E-state index in [2.05, 4.69) is 12.2 Å². The smallest absolute Gasteiger partial charge is 0.152 e. The molecule has 1 fully saturated rings. The first kappa shape index (κ1) is 12.5. The van der Waals surface area contributed by atoms with Gasteiger partial charge in [0.05, 0.1) is 5.69 Å². The van der Waals surface area contributed by atoms with Crippen molar-refractivity contribution >= 4 is 0 Å². The minimum Gasteiger partial charge on any atom is -0.460 e. The highest BCUT2D eigenvalue weighted by atomic mass is 16.3. The van der Waals surface area contributed by atoms with Crippen LogP contribution in [0.25, 0.3) is 11.5 Å². The minimum atomic E-state index is 0.532. The number of nitrogens with one attached hydrogen (secondary N) is 1. The maximum absolute atomic E-state index is 5.76. The Hall–Kier alpha value is -1.55. The molecule has 0 bridgehead atoms. The van der Waals surface area contributed by atoms with Gasteiger partial charge in [-0.15, -0.1) is 0 Å². The Labute approximate surface area is 113 Å². The van der Waals surface area contributed by atoms with Gasteiger partial charge >= 0.3 is 0 Å². The molecular formula is C15H21N3O. The van der Waals surface area contributed by atoms with Crippen molar-refractivity contribution in [1.82, 2.24) is 15.1 Å². The average Bonchev–Trinajstić information content (AvgIpc) is 2.95. The largest absolute Gasteiger partial charge is 0.460 e. The van der Waals surface area contributed by atoms with Crippen molar-refractivity contribution in [3.05, 3.63) is 29.2 Å². The molecule has 0 aromatic carbocycles. The molecule has 3 rings (SSSR count). The topological polar surface area (TPSA) is 43.0 Å². The van der Waals surface area contributed by atoms with Crippen molar-refractivity contribution < 1.29 is 4.42 Å². The lowest BCUT2D eigenvalue weighted by Gasteiger charge is -2.21. The standard InChI is InChI=1S/C15H21N3O/c1-10-6-7-13(19-10)15-11(2)14(17-18(15)3)12-5-4-8-16-9-12/h6-7,12,16H,4-5,8-9H2,1-3H3. The Balaban J connectivity index is 2.00. The van der Waals surface area contributed by atoms with E-state index in [1.807, 2.05) is 30.8 Å². The zero-order chi connectivity index (χ0) is 13.4. The molecule has 2 aromatic heterocycles. The molecule has 4 heteroatoms. The van der Waals surface area contributed by atoms with Crippen molar-refractivity contribution in [3.8, 4) is 11.5 Å². The van der Waals surface area contributed by atoms with Crippen molar-refractivity contribution in [2.45, 2.75) is 32.6 Å². The molecule has 0 saturated carbocycles. The first-order chi connectivity index (χ1) is 9.16. The normalized spacial score (nSPS) is 19.8. The average molecular weight is 259 g/mol. The van der Waals surface area contributed by atoms with Crippen molar-refractivity contribution in [2.24, 2.45) is 7.05 Å². The maximum Gasteiger partial charge on any atom is 0.152 e. The van der Waals surface area contributed by atoms with Crippen LogP contribution in [0, 0.1) is 13.8 Å². The van der Waals surface area contributed by atoms with E-state index in [1.165, 1.54) is 24.1 Å². The summed E-state index contributed by atoms with van der Waals surface area (Å²) < 4.78 is 7.71. The van der Waals surface area contributed by atoms with E-state index in [9.17, 15) is 0 Å². The molecule has 1 saturated heterocycles. The Bertz CT molecular complexity index is 576. The predicted molar refractivity (Wildman–Crippen MR) is 75.2 cm³/mol. The molecule has 1 unspecified atom stereocenters. The van der Waals surface area contributed by atoms with Gasteiger partial charge in [0.15, 0.2) is 5.76 Å². The molecule has 0 spiro atoms. The molecule has 4 nitrogen and oxygen atoms in total. The maximum atomic E-state index is 5.76. The third-order valence-corrected chi connectivity index (χ3v) is 3.98. The summed E-state index contributed by atoms with van der Waals surface area (Å²) in [4.78, 5) is 0. The summed E-state index contributed by atoms with van der Waals surface area (Å²) in [5, 5.41) is 8.20. The Morgan fingerprint density at radius 1 is 1.37 bits per heavy atom. The highest BCUT2D eigenvalue weighted by Gasteiger charge is 2.24. The Morgan fingerprint density at radius 3 is 2.84 bits per heavy atom. The van der Waals surface area contributed by atoms with E-state index in [4.69, 9.17) is 9.52 Å². The molecule has 2 aromatic rings. The highest BCUT2D eigenvalue weighted by molar-refractivity contribution is 5.59. The second-order valence-electron chi connectivity index (χ2n) is 5.44. The first-order valence-electron chi connectivity index (χ1n) is 6.98. The van der Waals surface area contributed by atoms with E-state index >= 15 is 0 Å². The number of piperidine rings is 1. The lowest BCUT2D eigenvalue weighted by atomic mass is 9.93. The van der Waals surface area contributed by atoms with Gasteiger partial charge < -0.3 is 9.73 Å². The van der Waals surface area contributed by atoms with Gasteiger partial charge in [0, 0.05) is 25.1 Å². The summed E-state index contributed by atoms with van der Waals surface area (Å²) in [5.41, 5.74) is 3.58. The Morgan fingerprint density at radius 2 is 2.21 bits per heavy atom. The van der Waals surface area contributed by atoms with Crippen LogP contribution in [-0.2, 0) is 7.05 Å². The van der Waals surface area contributed by atoms with Crippen LogP contribution in [0.5, 0.6) is 0 Å². The fraction of sp³-hybridized carbons (Fsp3) is 0.533. The summed E-state index contributed by atoms with van der Waals surface area (Å²) in [5.74, 6) is 2.39. The van der Waals surface area contributed by atoms with E-state index in [-0.39, 0.29) is 0 Å². The van der Waals surface area contributed by atoms with Crippen molar-refractivity contribution in [2.75, 3.05) is 13.1 Å². The predicted octanol–water partition coefficient (Wildman–Crippen LogP) is 2.76. The van der Waals surface area contributed by atoms with Crippen LogP contribution in [0.15, 0.2) is 16.5 Å². The molecule has 1 aliphatic heterocycles. The zero-order valence-electron chi connectivity index (χ0n) is 11.9. The minimum absolute atomic E-state index is 0.532. The molecule has 1 aliphatic rings. The van der Waals surface area contributed by atoms with Gasteiger partial charge in [0.25, 0.3) is 0 Å². The number of aromatic nitrogens is 2. The van der Waals surface area contributed by atoms with E-state index in [0.717, 1.165) is 30.3 Å². The molecule has 0 aliphatic carbocycles. The molecule has 1 atom stereocenters. The van der Waals surface area contributed by atoms with Crippen molar-refractivity contribution in [1.29, 1.82) is 0 Å². The van der Waals surface area contributed by atoms with E-state index in [1.54, 1.807) is 0 Å². The van der Waals surface area contributed by atoms with Crippen LogP contribution in [0.3, 0.4) is 0 Å². The third-order valence-electron chi connectivity index (χ3n) is 3.98. The number of nitrogens with zero attached hydrogens (tertiary/aromatic N) is 2. The van der Waals surface area contributed by atoms with Gasteiger partial charge in [0.2, 0.25) is 0 Å². The van der Waals surface area contributed by atoms with Gasteiger partial charge in [-0.25, -0.2) is 0 Å². The quantitative estimate of drug-likeness (QED) is 0.901. The molecule has 19 heavy (non-hydrogen) atoms.